The van der Waals surface area contributed by atoms with E-state index in [9.17, 15) is 5.11 Å². The van der Waals surface area contributed by atoms with E-state index in [0.717, 1.165) is 16.7 Å². The average Bonchev–Trinajstić information content (AvgIpc) is 2.83. The number of hydrogen-bond acceptors (Lipinski definition) is 5. The van der Waals surface area contributed by atoms with Gasteiger partial charge >= 0.3 is 0 Å². The molecule has 2 unspecified atom stereocenters. The van der Waals surface area contributed by atoms with Gasteiger partial charge in [-0.2, -0.15) is 0 Å². The Morgan fingerprint density at radius 3 is 1.41 bits per heavy atom. The molecule has 3 aromatic carbocycles. The lowest BCUT2D eigenvalue weighted by molar-refractivity contribution is -0.308. The summed E-state index contributed by atoms with van der Waals surface area (Å²) in [6.07, 6.45) is -3.04. The summed E-state index contributed by atoms with van der Waals surface area (Å²) >= 11 is 0. The molecule has 1 aliphatic heterocycles. The number of ether oxygens (including phenoxy) is 4. The van der Waals surface area contributed by atoms with E-state index in [0.29, 0.717) is 19.8 Å². The van der Waals surface area contributed by atoms with E-state index < -0.39 is 24.6 Å². The lowest BCUT2D eigenvalue weighted by Gasteiger charge is -2.43. The molecule has 5 atom stereocenters. The van der Waals surface area contributed by atoms with Crippen molar-refractivity contribution in [3.05, 3.63) is 108 Å². The first-order chi connectivity index (χ1) is 15.7. The van der Waals surface area contributed by atoms with E-state index in [1.165, 1.54) is 0 Å². The van der Waals surface area contributed by atoms with Gasteiger partial charge in [-0.25, -0.2) is 0 Å². The molecular weight excluding hydrogens is 404 g/mol. The van der Waals surface area contributed by atoms with Crippen LogP contribution < -0.4 is 0 Å². The summed E-state index contributed by atoms with van der Waals surface area (Å²) in [6, 6.07) is 29.8. The molecule has 0 aliphatic carbocycles. The fourth-order valence-electron chi connectivity index (χ4n) is 3.89. The number of aliphatic hydroxyl groups is 1. The highest BCUT2D eigenvalue weighted by Gasteiger charge is 2.46. The fourth-order valence-corrected chi connectivity index (χ4v) is 3.89. The normalized spacial score (nSPS) is 25.5. The third kappa shape index (κ3) is 6.03. The third-order valence-electron chi connectivity index (χ3n) is 5.60. The Morgan fingerprint density at radius 2 is 0.969 bits per heavy atom. The molecule has 168 valence electrons. The summed E-state index contributed by atoms with van der Waals surface area (Å²) in [5.41, 5.74) is 3.13. The molecule has 1 aliphatic rings. The molecule has 1 heterocycles. The molecule has 3 aromatic rings. The molecule has 32 heavy (non-hydrogen) atoms. The maximum absolute atomic E-state index is 10.7. The van der Waals surface area contributed by atoms with Crippen molar-refractivity contribution in [2.24, 2.45) is 0 Å². The van der Waals surface area contributed by atoms with Crippen LogP contribution in [0, 0.1) is 0 Å². The quantitative estimate of drug-likeness (QED) is 0.538. The van der Waals surface area contributed by atoms with Crippen LogP contribution in [0.5, 0.6) is 0 Å². The lowest BCUT2D eigenvalue weighted by Crippen LogP contribution is -2.59. The molecule has 5 nitrogen and oxygen atoms in total. The molecule has 1 N–H and O–H groups in total. The monoisotopic (exact) mass is 434 g/mol. The second-order valence-electron chi connectivity index (χ2n) is 8.02. The first-order valence-electron chi connectivity index (χ1n) is 11.0. The molecule has 0 spiro atoms. The third-order valence-corrected chi connectivity index (χ3v) is 5.60. The minimum atomic E-state index is -1.11. The van der Waals surface area contributed by atoms with E-state index in [-0.39, 0.29) is 6.10 Å². The zero-order valence-electron chi connectivity index (χ0n) is 18.2. The SMILES string of the molecule is CC1O[C@@H](O)C(OCc2ccccc2)[C@@H](OCc2ccccc2)[C@H]1OCc1ccccc1. The lowest BCUT2D eigenvalue weighted by atomic mass is 9.98. The second-order valence-corrected chi connectivity index (χ2v) is 8.02. The van der Waals surface area contributed by atoms with Crippen molar-refractivity contribution in [3.8, 4) is 0 Å². The summed E-state index contributed by atoms with van der Waals surface area (Å²) in [4.78, 5) is 0. The zero-order valence-corrected chi connectivity index (χ0v) is 18.2. The molecule has 0 bridgehead atoms. The molecular formula is C27H30O5. The maximum atomic E-state index is 10.7. The molecule has 4 rings (SSSR count). The van der Waals surface area contributed by atoms with Crippen LogP contribution in [0.3, 0.4) is 0 Å². The van der Waals surface area contributed by atoms with Gasteiger partial charge in [0, 0.05) is 0 Å². The topological polar surface area (TPSA) is 57.2 Å². The zero-order chi connectivity index (χ0) is 22.2. The van der Waals surface area contributed by atoms with Gasteiger partial charge < -0.3 is 24.1 Å². The Balaban J connectivity index is 1.50. The summed E-state index contributed by atoms with van der Waals surface area (Å²) in [7, 11) is 0. The van der Waals surface area contributed by atoms with Crippen molar-refractivity contribution in [1.82, 2.24) is 0 Å². The fraction of sp³-hybridized carbons (Fsp3) is 0.333. The Labute approximate surface area is 189 Å². The Hall–Kier alpha value is -2.54. The predicted molar refractivity (Wildman–Crippen MR) is 122 cm³/mol. The van der Waals surface area contributed by atoms with E-state index >= 15 is 0 Å². The van der Waals surface area contributed by atoms with Crippen LogP contribution in [-0.4, -0.2) is 35.8 Å². The highest BCUT2D eigenvalue weighted by molar-refractivity contribution is 5.15. The van der Waals surface area contributed by atoms with Gasteiger partial charge in [0.1, 0.15) is 18.3 Å². The first kappa shape index (κ1) is 22.6. The number of hydrogen-bond donors (Lipinski definition) is 1. The Kier molecular flexibility index (Phi) is 8.04. The van der Waals surface area contributed by atoms with Gasteiger partial charge in [-0.3, -0.25) is 0 Å². The van der Waals surface area contributed by atoms with Gasteiger partial charge in [-0.1, -0.05) is 91.0 Å². The molecule has 0 aromatic heterocycles. The maximum Gasteiger partial charge on any atom is 0.184 e. The first-order valence-corrected chi connectivity index (χ1v) is 11.0. The van der Waals surface area contributed by atoms with Crippen molar-refractivity contribution in [3.63, 3.8) is 0 Å². The van der Waals surface area contributed by atoms with Crippen LogP contribution in [0.4, 0.5) is 0 Å². The smallest absolute Gasteiger partial charge is 0.184 e. The van der Waals surface area contributed by atoms with Crippen molar-refractivity contribution >= 4 is 0 Å². The number of aliphatic hydroxyl groups excluding tert-OH is 1. The summed E-state index contributed by atoms with van der Waals surface area (Å²) in [5.74, 6) is 0. The molecule has 5 heteroatoms. The molecule has 0 saturated carbocycles. The van der Waals surface area contributed by atoms with Crippen molar-refractivity contribution < 1.29 is 24.1 Å². The van der Waals surface area contributed by atoms with Crippen LogP contribution in [0.15, 0.2) is 91.0 Å². The summed E-state index contributed by atoms with van der Waals surface area (Å²) < 4.78 is 24.5. The summed E-state index contributed by atoms with van der Waals surface area (Å²) in [6.45, 7) is 3.05. The minimum Gasteiger partial charge on any atom is -0.368 e. The van der Waals surface area contributed by atoms with Gasteiger partial charge in [-0.05, 0) is 23.6 Å². The van der Waals surface area contributed by atoms with E-state index in [4.69, 9.17) is 18.9 Å². The van der Waals surface area contributed by atoms with Gasteiger partial charge in [-0.15, -0.1) is 0 Å². The van der Waals surface area contributed by atoms with Crippen LogP contribution >= 0.6 is 0 Å². The summed E-state index contributed by atoms with van der Waals surface area (Å²) in [5, 5.41) is 10.7. The van der Waals surface area contributed by atoms with E-state index in [2.05, 4.69) is 0 Å². The van der Waals surface area contributed by atoms with Crippen LogP contribution in [0.2, 0.25) is 0 Å². The van der Waals surface area contributed by atoms with Crippen molar-refractivity contribution in [2.45, 2.75) is 57.5 Å². The minimum absolute atomic E-state index is 0.344. The van der Waals surface area contributed by atoms with Gasteiger partial charge in [0.25, 0.3) is 0 Å². The average molecular weight is 435 g/mol. The Bertz CT molecular complexity index is 863. The van der Waals surface area contributed by atoms with Gasteiger partial charge in [0.2, 0.25) is 0 Å². The largest absolute Gasteiger partial charge is 0.368 e. The second kappa shape index (κ2) is 11.4. The standard InChI is InChI=1S/C27H30O5/c1-20-24(29-17-21-11-5-2-6-12-21)25(30-18-22-13-7-3-8-14-22)26(27(28)32-20)31-19-23-15-9-4-10-16-23/h2-16,20,24-28H,17-19H2,1H3/t20?,24-,25-,26?,27+/m0/s1. The molecule has 0 radical (unpaired) electrons. The molecule has 1 fully saturated rings. The van der Waals surface area contributed by atoms with Crippen LogP contribution in [-0.2, 0) is 38.8 Å². The van der Waals surface area contributed by atoms with E-state index in [1.54, 1.807) is 0 Å². The van der Waals surface area contributed by atoms with Crippen LogP contribution in [0.1, 0.15) is 23.6 Å². The Morgan fingerprint density at radius 1 is 0.594 bits per heavy atom. The highest BCUT2D eigenvalue weighted by Crippen LogP contribution is 2.29. The number of rotatable bonds is 9. The number of benzene rings is 3. The molecule has 0 amide bonds. The predicted octanol–water partition coefficient (Wildman–Crippen LogP) is 4.48. The van der Waals surface area contributed by atoms with Crippen molar-refractivity contribution in [2.75, 3.05) is 0 Å². The van der Waals surface area contributed by atoms with Crippen molar-refractivity contribution in [1.29, 1.82) is 0 Å². The van der Waals surface area contributed by atoms with Gasteiger partial charge in [0.15, 0.2) is 6.29 Å². The highest BCUT2D eigenvalue weighted by atomic mass is 16.7. The molecule has 1 saturated heterocycles. The van der Waals surface area contributed by atoms with E-state index in [1.807, 2.05) is 97.9 Å². The van der Waals surface area contributed by atoms with Crippen LogP contribution in [0.25, 0.3) is 0 Å². The van der Waals surface area contributed by atoms with Gasteiger partial charge in [0.05, 0.1) is 25.9 Å².